The Labute approximate surface area is 116 Å². The largest absolute Gasteiger partial charge is 0.480 e. The van der Waals surface area contributed by atoms with Crippen LogP contribution in [0.2, 0.25) is 0 Å². The van der Waals surface area contributed by atoms with Crippen molar-refractivity contribution in [3.8, 4) is 0 Å². The first-order valence-electron chi connectivity index (χ1n) is 6.60. The molecule has 1 saturated heterocycles. The number of aliphatic carboxylic acids is 1. The van der Waals surface area contributed by atoms with Gasteiger partial charge in [-0.15, -0.1) is 0 Å². The Hall–Kier alpha value is -0.950. The van der Waals surface area contributed by atoms with E-state index in [-0.39, 0.29) is 6.03 Å². The monoisotopic (exact) mass is 288 g/mol. The predicted octanol–water partition coefficient (Wildman–Crippen LogP) is 0.625. The van der Waals surface area contributed by atoms with Crippen LogP contribution < -0.4 is 5.32 Å². The van der Waals surface area contributed by atoms with Crippen molar-refractivity contribution in [1.82, 2.24) is 10.2 Å². The summed E-state index contributed by atoms with van der Waals surface area (Å²) < 4.78 is 5.16. The van der Waals surface area contributed by atoms with Gasteiger partial charge >= 0.3 is 12.0 Å². The Morgan fingerprint density at radius 2 is 2.05 bits per heavy atom. The number of hydrogen-bond acceptors (Lipinski definition) is 4. The van der Waals surface area contributed by atoms with Crippen molar-refractivity contribution in [3.05, 3.63) is 0 Å². The molecule has 19 heavy (non-hydrogen) atoms. The first kappa shape index (κ1) is 14.5. The van der Waals surface area contributed by atoms with E-state index in [0.717, 1.165) is 11.7 Å². The zero-order chi connectivity index (χ0) is 13.7. The lowest BCUT2D eigenvalue weighted by atomic mass is 10.3. The number of rotatable bonds is 6. The fourth-order valence-corrected chi connectivity index (χ4v) is 3.08. The maximum atomic E-state index is 11.9. The van der Waals surface area contributed by atoms with Crippen molar-refractivity contribution in [3.63, 3.8) is 0 Å². The van der Waals surface area contributed by atoms with E-state index in [9.17, 15) is 9.59 Å². The molecule has 1 heterocycles. The standard InChI is InChI=1S/C12H20N2O4S/c15-11(16)10(8-19-7-9-1-2-9)13-12(17)14-3-5-18-6-4-14/h9-10H,1-8H2,(H,13,17)(H,15,16). The number of thioether (sulfide) groups is 1. The number of carbonyl (C=O) groups is 2. The molecule has 0 spiro atoms. The molecule has 2 fully saturated rings. The maximum absolute atomic E-state index is 11.9. The van der Waals surface area contributed by atoms with Gasteiger partial charge in [0, 0.05) is 18.8 Å². The molecular formula is C12H20N2O4S. The minimum atomic E-state index is -0.968. The lowest BCUT2D eigenvalue weighted by Gasteiger charge is -2.28. The molecule has 2 N–H and O–H groups in total. The van der Waals surface area contributed by atoms with Gasteiger partial charge in [-0.2, -0.15) is 11.8 Å². The Morgan fingerprint density at radius 1 is 1.37 bits per heavy atom. The summed E-state index contributed by atoms with van der Waals surface area (Å²) in [6, 6.07) is -1.11. The smallest absolute Gasteiger partial charge is 0.327 e. The molecule has 2 rings (SSSR count). The van der Waals surface area contributed by atoms with Gasteiger partial charge in [0.25, 0.3) is 0 Å². The number of ether oxygens (including phenoxy) is 1. The normalized spacial score (nSPS) is 20.9. The molecule has 0 bridgehead atoms. The molecule has 1 aliphatic carbocycles. The summed E-state index contributed by atoms with van der Waals surface area (Å²) in [5, 5.41) is 11.7. The number of carboxylic acid groups (broad SMARTS) is 1. The number of carbonyl (C=O) groups excluding carboxylic acids is 1. The van der Waals surface area contributed by atoms with Gasteiger partial charge in [0.05, 0.1) is 13.2 Å². The second-order valence-corrected chi connectivity index (χ2v) is 6.00. The van der Waals surface area contributed by atoms with Crippen LogP contribution in [0.3, 0.4) is 0 Å². The average molecular weight is 288 g/mol. The Kier molecular flexibility index (Phi) is 5.33. The zero-order valence-corrected chi connectivity index (χ0v) is 11.7. The van der Waals surface area contributed by atoms with E-state index in [1.54, 1.807) is 16.7 Å². The van der Waals surface area contributed by atoms with Crippen molar-refractivity contribution < 1.29 is 19.4 Å². The molecule has 0 aromatic heterocycles. The molecule has 1 unspecified atom stereocenters. The SMILES string of the molecule is O=C(O)C(CSCC1CC1)NC(=O)N1CCOCC1. The molecule has 0 radical (unpaired) electrons. The summed E-state index contributed by atoms with van der Waals surface area (Å²) in [6.07, 6.45) is 2.51. The van der Waals surface area contributed by atoms with Crippen LogP contribution in [0.25, 0.3) is 0 Å². The minimum absolute atomic E-state index is 0.303. The van der Waals surface area contributed by atoms with Crippen LogP contribution in [0.15, 0.2) is 0 Å². The number of nitrogens with one attached hydrogen (secondary N) is 1. The number of urea groups is 1. The van der Waals surface area contributed by atoms with E-state index in [4.69, 9.17) is 9.84 Å². The summed E-state index contributed by atoms with van der Waals surface area (Å²) >= 11 is 1.61. The zero-order valence-electron chi connectivity index (χ0n) is 10.8. The Balaban J connectivity index is 1.73. The minimum Gasteiger partial charge on any atom is -0.480 e. The van der Waals surface area contributed by atoms with Crippen LogP contribution in [-0.2, 0) is 9.53 Å². The fourth-order valence-electron chi connectivity index (χ4n) is 1.82. The Bertz CT molecular complexity index is 330. The maximum Gasteiger partial charge on any atom is 0.327 e. The quantitative estimate of drug-likeness (QED) is 0.749. The summed E-state index contributed by atoms with van der Waals surface area (Å²) in [7, 11) is 0. The van der Waals surface area contributed by atoms with E-state index in [1.165, 1.54) is 12.8 Å². The number of carboxylic acids is 1. The second-order valence-electron chi connectivity index (χ2n) is 4.92. The summed E-state index contributed by atoms with van der Waals surface area (Å²) in [6.45, 7) is 2.07. The van der Waals surface area contributed by atoms with Gasteiger partial charge in [-0.1, -0.05) is 0 Å². The third-order valence-corrected chi connectivity index (χ3v) is 4.51. The van der Waals surface area contributed by atoms with Gasteiger partial charge in [0.15, 0.2) is 0 Å². The van der Waals surface area contributed by atoms with Gasteiger partial charge in [0.2, 0.25) is 0 Å². The van der Waals surface area contributed by atoms with Gasteiger partial charge in [-0.3, -0.25) is 0 Å². The van der Waals surface area contributed by atoms with Gasteiger partial charge in [0.1, 0.15) is 6.04 Å². The van der Waals surface area contributed by atoms with E-state index < -0.39 is 12.0 Å². The molecule has 0 aromatic carbocycles. The van der Waals surface area contributed by atoms with Crippen molar-refractivity contribution in [2.75, 3.05) is 37.8 Å². The van der Waals surface area contributed by atoms with E-state index in [1.807, 2.05) is 0 Å². The highest BCUT2D eigenvalue weighted by atomic mass is 32.2. The molecule has 0 aromatic rings. The van der Waals surface area contributed by atoms with Crippen molar-refractivity contribution in [2.45, 2.75) is 18.9 Å². The molecule has 6 nitrogen and oxygen atoms in total. The fraction of sp³-hybridized carbons (Fsp3) is 0.833. The Morgan fingerprint density at radius 3 is 2.63 bits per heavy atom. The lowest BCUT2D eigenvalue weighted by molar-refractivity contribution is -0.138. The van der Waals surface area contributed by atoms with Crippen LogP contribution in [0.4, 0.5) is 4.79 Å². The van der Waals surface area contributed by atoms with Crippen molar-refractivity contribution >= 4 is 23.8 Å². The highest BCUT2D eigenvalue weighted by molar-refractivity contribution is 7.99. The highest BCUT2D eigenvalue weighted by Crippen LogP contribution is 2.32. The molecular weight excluding hydrogens is 268 g/mol. The van der Waals surface area contributed by atoms with E-state index >= 15 is 0 Å². The van der Waals surface area contributed by atoms with Gasteiger partial charge in [-0.25, -0.2) is 9.59 Å². The third kappa shape index (κ3) is 4.91. The molecule has 1 aliphatic heterocycles. The van der Waals surface area contributed by atoms with Crippen LogP contribution in [0.1, 0.15) is 12.8 Å². The topological polar surface area (TPSA) is 78.9 Å². The number of nitrogens with zero attached hydrogens (tertiary/aromatic N) is 1. The first-order valence-corrected chi connectivity index (χ1v) is 7.76. The third-order valence-electron chi connectivity index (χ3n) is 3.23. The van der Waals surface area contributed by atoms with Crippen LogP contribution >= 0.6 is 11.8 Å². The van der Waals surface area contributed by atoms with Crippen LogP contribution in [-0.4, -0.2) is 65.9 Å². The van der Waals surface area contributed by atoms with Gasteiger partial charge in [-0.05, 0) is 24.5 Å². The lowest BCUT2D eigenvalue weighted by Crippen LogP contribution is -2.52. The highest BCUT2D eigenvalue weighted by Gasteiger charge is 2.26. The second kappa shape index (κ2) is 7.00. The number of morpholine rings is 1. The van der Waals surface area contributed by atoms with E-state index in [0.29, 0.717) is 32.1 Å². The molecule has 2 amide bonds. The van der Waals surface area contributed by atoms with Crippen molar-refractivity contribution in [2.24, 2.45) is 5.92 Å². The molecule has 108 valence electrons. The molecule has 1 atom stereocenters. The summed E-state index contributed by atoms with van der Waals surface area (Å²) in [5.41, 5.74) is 0. The van der Waals surface area contributed by atoms with Crippen LogP contribution in [0, 0.1) is 5.92 Å². The summed E-state index contributed by atoms with van der Waals surface area (Å²) in [5.74, 6) is 1.22. The molecule has 2 aliphatic rings. The molecule has 1 saturated carbocycles. The number of hydrogen-bond donors (Lipinski definition) is 2. The first-order chi connectivity index (χ1) is 9.16. The van der Waals surface area contributed by atoms with E-state index in [2.05, 4.69) is 5.32 Å². The summed E-state index contributed by atoms with van der Waals surface area (Å²) in [4.78, 5) is 24.6. The van der Waals surface area contributed by atoms with Crippen LogP contribution in [0.5, 0.6) is 0 Å². The molecule has 7 heteroatoms. The van der Waals surface area contributed by atoms with Crippen molar-refractivity contribution in [1.29, 1.82) is 0 Å². The number of amides is 2. The van der Waals surface area contributed by atoms with Gasteiger partial charge < -0.3 is 20.1 Å². The average Bonchev–Trinajstić information content (AvgIpc) is 3.22. The predicted molar refractivity (Wildman–Crippen MR) is 72.4 cm³/mol.